The number of aryl methyl sites for hydroxylation is 3. The Morgan fingerprint density at radius 3 is 2.61 bits per heavy atom. The lowest BCUT2D eigenvalue weighted by molar-refractivity contribution is -0.117. The van der Waals surface area contributed by atoms with Crippen LogP contribution in [0, 0.1) is 19.8 Å². The fourth-order valence-electron chi connectivity index (χ4n) is 5.13. The minimum Gasteiger partial charge on any atom is -0.497 e. The number of methoxy groups -OCH3 is 2. The molecule has 0 bridgehead atoms. The summed E-state index contributed by atoms with van der Waals surface area (Å²) in [7, 11) is 3.18. The summed E-state index contributed by atoms with van der Waals surface area (Å²) in [5, 5.41) is 2.97. The van der Waals surface area contributed by atoms with Gasteiger partial charge in [-0.25, -0.2) is 9.97 Å². The van der Waals surface area contributed by atoms with Crippen molar-refractivity contribution in [3.05, 3.63) is 35.3 Å². The summed E-state index contributed by atoms with van der Waals surface area (Å²) in [5.74, 6) is 3.16. The van der Waals surface area contributed by atoms with Crippen molar-refractivity contribution in [1.82, 2.24) is 19.4 Å². The zero-order chi connectivity index (χ0) is 27.2. The van der Waals surface area contributed by atoms with E-state index in [9.17, 15) is 4.79 Å². The number of pyridine rings is 1. The fourth-order valence-corrected chi connectivity index (χ4v) is 5.13. The first kappa shape index (κ1) is 27.7. The number of likely N-dealkylation sites (tertiary alicyclic amines) is 1. The van der Waals surface area contributed by atoms with Crippen LogP contribution in [0.2, 0.25) is 0 Å². The number of fused-ring (bicyclic) bond motifs is 1. The number of nitrogen functional groups attached to an aromatic ring is 1. The molecule has 3 aromatic rings. The average Bonchev–Trinajstić information content (AvgIpc) is 3.29. The lowest BCUT2D eigenvalue weighted by Crippen LogP contribution is -2.39. The van der Waals surface area contributed by atoms with Crippen molar-refractivity contribution in [2.75, 3.05) is 51.5 Å². The number of aromatic nitrogens is 3. The van der Waals surface area contributed by atoms with Crippen LogP contribution in [-0.4, -0.2) is 65.8 Å². The second-order valence-corrected chi connectivity index (χ2v) is 9.84. The molecule has 3 heterocycles. The molecule has 0 atom stereocenters. The van der Waals surface area contributed by atoms with E-state index in [2.05, 4.69) is 26.7 Å². The summed E-state index contributed by atoms with van der Waals surface area (Å²) in [6, 6.07) is 5.37. The van der Waals surface area contributed by atoms with Gasteiger partial charge >= 0.3 is 0 Å². The number of nitrogens with zero attached hydrogens (tertiary/aromatic N) is 4. The SMILES string of the molecule is CCOCc1nc2c(N)nc(C)c(C)c2n1CCC1CCN(CC(=O)Nc2ccc(OC)cc2OC)CC1. The molecular weight excluding hydrogens is 484 g/mol. The zero-order valence-corrected chi connectivity index (χ0v) is 23.2. The third kappa shape index (κ3) is 6.19. The van der Waals surface area contributed by atoms with Crippen LogP contribution in [0.15, 0.2) is 18.2 Å². The Kier molecular flexibility index (Phi) is 9.06. The molecule has 1 amide bonds. The summed E-state index contributed by atoms with van der Waals surface area (Å²) >= 11 is 0. The molecule has 10 heteroatoms. The zero-order valence-electron chi connectivity index (χ0n) is 23.2. The van der Waals surface area contributed by atoms with Gasteiger partial charge in [0.05, 0.1) is 32.0 Å². The van der Waals surface area contributed by atoms with Crippen molar-refractivity contribution in [2.24, 2.45) is 5.92 Å². The first-order valence-corrected chi connectivity index (χ1v) is 13.3. The first-order valence-electron chi connectivity index (χ1n) is 13.3. The third-order valence-electron chi connectivity index (χ3n) is 7.43. The molecule has 0 radical (unpaired) electrons. The van der Waals surface area contributed by atoms with Crippen LogP contribution in [0.25, 0.3) is 11.0 Å². The highest BCUT2D eigenvalue weighted by Crippen LogP contribution is 2.30. The molecule has 1 fully saturated rings. The lowest BCUT2D eigenvalue weighted by atomic mass is 9.93. The monoisotopic (exact) mass is 524 g/mol. The predicted octanol–water partition coefficient (Wildman–Crippen LogP) is 3.92. The van der Waals surface area contributed by atoms with Crippen LogP contribution in [0.4, 0.5) is 11.5 Å². The molecule has 1 aliphatic heterocycles. The second-order valence-electron chi connectivity index (χ2n) is 9.84. The molecule has 4 rings (SSSR count). The maximum Gasteiger partial charge on any atom is 0.238 e. The Morgan fingerprint density at radius 2 is 1.92 bits per heavy atom. The van der Waals surface area contributed by atoms with Crippen LogP contribution in [0.1, 0.15) is 43.3 Å². The van der Waals surface area contributed by atoms with Crippen LogP contribution >= 0.6 is 0 Å². The Labute approximate surface area is 224 Å². The molecule has 10 nitrogen and oxygen atoms in total. The summed E-state index contributed by atoms with van der Waals surface area (Å²) in [6.07, 6.45) is 3.14. The maximum absolute atomic E-state index is 12.7. The molecule has 1 aromatic carbocycles. The number of amides is 1. The van der Waals surface area contributed by atoms with Gasteiger partial charge in [-0.15, -0.1) is 0 Å². The number of hydrogen-bond acceptors (Lipinski definition) is 8. The van der Waals surface area contributed by atoms with Gasteiger partial charge in [-0.05, 0) is 76.7 Å². The van der Waals surface area contributed by atoms with E-state index < -0.39 is 0 Å². The van der Waals surface area contributed by atoms with Crippen LogP contribution < -0.4 is 20.5 Å². The highest BCUT2D eigenvalue weighted by molar-refractivity contribution is 5.93. The Morgan fingerprint density at radius 1 is 1.16 bits per heavy atom. The molecule has 2 aromatic heterocycles. The second kappa shape index (κ2) is 12.4. The number of benzene rings is 1. The van der Waals surface area contributed by atoms with Crippen molar-refractivity contribution < 1.29 is 19.0 Å². The molecule has 0 spiro atoms. The van der Waals surface area contributed by atoms with Crippen LogP contribution in [0.5, 0.6) is 11.5 Å². The topological polar surface area (TPSA) is 117 Å². The Bertz CT molecular complexity index is 1270. The van der Waals surface area contributed by atoms with Crippen molar-refractivity contribution in [3.8, 4) is 11.5 Å². The van der Waals surface area contributed by atoms with Crippen molar-refractivity contribution in [3.63, 3.8) is 0 Å². The van der Waals surface area contributed by atoms with Gasteiger partial charge in [-0.1, -0.05) is 0 Å². The Balaban J connectivity index is 1.34. The molecule has 3 N–H and O–H groups in total. The number of imidazole rings is 1. The van der Waals surface area contributed by atoms with Gasteiger partial charge < -0.3 is 29.8 Å². The molecule has 1 saturated heterocycles. The lowest BCUT2D eigenvalue weighted by Gasteiger charge is -2.31. The molecule has 0 saturated carbocycles. The number of nitrogens with two attached hydrogens (primary N) is 1. The average molecular weight is 525 g/mol. The van der Waals surface area contributed by atoms with Crippen molar-refractivity contribution >= 4 is 28.4 Å². The number of carbonyl (C=O) groups is 1. The number of rotatable bonds is 11. The van der Waals surface area contributed by atoms with Gasteiger partial charge in [0.25, 0.3) is 0 Å². The Hall–Kier alpha value is -3.37. The van der Waals surface area contributed by atoms with E-state index in [1.165, 1.54) is 0 Å². The highest BCUT2D eigenvalue weighted by Gasteiger charge is 2.23. The van der Waals surface area contributed by atoms with E-state index in [1.807, 2.05) is 13.8 Å². The molecule has 1 aliphatic rings. The largest absolute Gasteiger partial charge is 0.497 e. The van der Waals surface area contributed by atoms with Gasteiger partial charge in [0, 0.05) is 24.9 Å². The molecule has 206 valence electrons. The van der Waals surface area contributed by atoms with E-state index in [0.717, 1.165) is 67.0 Å². The quantitative estimate of drug-likeness (QED) is 0.388. The van der Waals surface area contributed by atoms with Crippen LogP contribution in [0.3, 0.4) is 0 Å². The number of hydrogen-bond donors (Lipinski definition) is 2. The fraction of sp³-hybridized carbons (Fsp3) is 0.536. The molecule has 38 heavy (non-hydrogen) atoms. The van der Waals surface area contributed by atoms with E-state index >= 15 is 0 Å². The normalized spacial score (nSPS) is 14.7. The summed E-state index contributed by atoms with van der Waals surface area (Å²) in [6.45, 7) is 10.1. The number of anilines is 2. The van der Waals surface area contributed by atoms with Gasteiger partial charge in [0.2, 0.25) is 5.91 Å². The van der Waals surface area contributed by atoms with Crippen molar-refractivity contribution in [1.29, 1.82) is 0 Å². The smallest absolute Gasteiger partial charge is 0.238 e. The molecule has 0 unspecified atom stereocenters. The third-order valence-corrected chi connectivity index (χ3v) is 7.43. The highest BCUT2D eigenvalue weighted by atomic mass is 16.5. The van der Waals surface area contributed by atoms with E-state index in [0.29, 0.717) is 48.7 Å². The number of carbonyl (C=O) groups excluding carboxylic acids is 1. The van der Waals surface area contributed by atoms with Crippen LogP contribution in [-0.2, 0) is 22.7 Å². The van der Waals surface area contributed by atoms with E-state index in [1.54, 1.807) is 32.4 Å². The molecule has 0 aliphatic carbocycles. The number of ether oxygens (including phenoxy) is 3. The predicted molar refractivity (Wildman–Crippen MR) is 149 cm³/mol. The molecular formula is C28H40N6O4. The van der Waals surface area contributed by atoms with Gasteiger partial charge in [-0.2, -0.15) is 0 Å². The summed E-state index contributed by atoms with van der Waals surface area (Å²) in [5.41, 5.74) is 10.7. The van der Waals surface area contributed by atoms with Gasteiger partial charge in [-0.3, -0.25) is 9.69 Å². The van der Waals surface area contributed by atoms with Gasteiger partial charge in [0.1, 0.15) is 29.4 Å². The first-order chi connectivity index (χ1) is 18.3. The number of piperidine rings is 1. The summed E-state index contributed by atoms with van der Waals surface area (Å²) < 4.78 is 18.6. The van der Waals surface area contributed by atoms with E-state index in [4.69, 9.17) is 24.9 Å². The number of nitrogens with one attached hydrogen (secondary N) is 1. The van der Waals surface area contributed by atoms with Crippen molar-refractivity contribution in [2.45, 2.75) is 53.2 Å². The van der Waals surface area contributed by atoms with Gasteiger partial charge in [0.15, 0.2) is 5.82 Å². The summed E-state index contributed by atoms with van der Waals surface area (Å²) in [4.78, 5) is 24.2. The minimum atomic E-state index is -0.0468. The standard InChI is InChI=1S/C28H40N6O4/c1-6-38-17-24-32-26-27(18(2)19(3)30-28(26)29)34(24)14-11-20-9-12-33(13-10-20)16-25(35)31-22-8-7-21(36-4)15-23(22)37-5/h7-8,15,20H,6,9-14,16-17H2,1-5H3,(H2,29,30)(H,31,35). The maximum atomic E-state index is 12.7. The minimum absolute atomic E-state index is 0.0468. The van der Waals surface area contributed by atoms with E-state index in [-0.39, 0.29) is 5.91 Å².